The number of hydrogen-bond donors (Lipinski definition) is 1. The Hall–Kier alpha value is -0.670. The first-order chi connectivity index (χ1) is 8.29. The predicted molar refractivity (Wildman–Crippen MR) is 74.9 cm³/mol. The molecule has 1 aliphatic heterocycles. The number of ether oxygens (including phenoxy) is 1. The van der Waals surface area contributed by atoms with E-state index in [9.17, 15) is 0 Å². The van der Waals surface area contributed by atoms with Gasteiger partial charge in [-0.3, -0.25) is 0 Å². The first kappa shape index (κ1) is 12.8. The Morgan fingerprint density at radius 3 is 2.82 bits per heavy atom. The van der Waals surface area contributed by atoms with Crippen LogP contribution in [0.4, 0.5) is 0 Å². The van der Waals surface area contributed by atoms with E-state index < -0.39 is 0 Å². The van der Waals surface area contributed by atoms with Crippen LogP contribution in [0, 0.1) is 6.92 Å². The lowest BCUT2D eigenvalue weighted by Crippen LogP contribution is -2.32. The van der Waals surface area contributed by atoms with E-state index in [0.717, 1.165) is 12.3 Å². The van der Waals surface area contributed by atoms with Crippen molar-refractivity contribution in [1.29, 1.82) is 0 Å². The maximum Gasteiger partial charge on any atom is 0.123 e. The summed E-state index contributed by atoms with van der Waals surface area (Å²) in [5.74, 6) is 3.58. The zero-order valence-electron chi connectivity index (χ0n) is 10.7. The molecule has 0 bridgehead atoms. The lowest BCUT2D eigenvalue weighted by Gasteiger charge is -2.23. The summed E-state index contributed by atoms with van der Waals surface area (Å²) in [6, 6.07) is 7.05. The van der Waals surface area contributed by atoms with Crippen molar-refractivity contribution in [3.8, 4) is 5.75 Å². The van der Waals surface area contributed by atoms with Crippen molar-refractivity contribution in [2.45, 2.75) is 32.4 Å². The second-order valence-electron chi connectivity index (χ2n) is 4.58. The molecule has 0 spiro atoms. The molecule has 0 unspecified atom stereocenters. The van der Waals surface area contributed by atoms with E-state index in [1.807, 2.05) is 0 Å². The molecule has 0 aromatic heterocycles. The Bertz CT molecular complexity index is 361. The van der Waals surface area contributed by atoms with Gasteiger partial charge in [-0.25, -0.2) is 0 Å². The normalized spacial score (nSPS) is 17.1. The summed E-state index contributed by atoms with van der Waals surface area (Å²) in [5, 5.41) is 3.65. The van der Waals surface area contributed by atoms with Crippen LogP contribution in [-0.4, -0.2) is 24.7 Å². The molecule has 17 heavy (non-hydrogen) atoms. The van der Waals surface area contributed by atoms with E-state index in [1.165, 1.54) is 35.5 Å². The monoisotopic (exact) mass is 251 g/mol. The fourth-order valence-corrected chi connectivity index (χ4v) is 3.31. The fourth-order valence-electron chi connectivity index (χ4n) is 2.20. The molecule has 0 amide bonds. The third-order valence-corrected chi connectivity index (χ3v) is 4.29. The van der Waals surface area contributed by atoms with E-state index in [0.29, 0.717) is 6.04 Å². The minimum Gasteiger partial charge on any atom is -0.496 e. The fraction of sp³-hybridized carbons (Fsp3) is 0.571. The van der Waals surface area contributed by atoms with Gasteiger partial charge in [0.1, 0.15) is 5.75 Å². The van der Waals surface area contributed by atoms with Crippen LogP contribution in [-0.2, 0) is 6.54 Å². The van der Waals surface area contributed by atoms with Crippen LogP contribution in [0.2, 0.25) is 0 Å². The molecule has 1 aromatic carbocycles. The molecule has 1 heterocycles. The molecule has 0 radical (unpaired) electrons. The van der Waals surface area contributed by atoms with Crippen LogP contribution in [0.25, 0.3) is 0 Å². The number of aryl methyl sites for hydroxylation is 1. The summed E-state index contributed by atoms with van der Waals surface area (Å²) in [6.45, 7) is 3.04. The van der Waals surface area contributed by atoms with Crippen LogP contribution in [0.5, 0.6) is 5.75 Å². The minimum absolute atomic E-state index is 0.682. The number of hydrogen-bond acceptors (Lipinski definition) is 3. The first-order valence-electron chi connectivity index (χ1n) is 6.24. The summed E-state index contributed by atoms with van der Waals surface area (Å²) in [7, 11) is 1.74. The van der Waals surface area contributed by atoms with Crippen molar-refractivity contribution < 1.29 is 4.74 Å². The van der Waals surface area contributed by atoms with E-state index in [4.69, 9.17) is 4.74 Å². The Labute approximate surface area is 108 Å². The van der Waals surface area contributed by atoms with Crippen LogP contribution in [0.3, 0.4) is 0 Å². The summed E-state index contributed by atoms with van der Waals surface area (Å²) in [6.07, 6.45) is 2.58. The van der Waals surface area contributed by atoms with Crippen molar-refractivity contribution in [2.75, 3.05) is 18.6 Å². The van der Waals surface area contributed by atoms with Gasteiger partial charge in [-0.15, -0.1) is 0 Å². The second kappa shape index (κ2) is 6.31. The van der Waals surface area contributed by atoms with Gasteiger partial charge < -0.3 is 10.1 Å². The van der Waals surface area contributed by atoms with Crippen LogP contribution in [0.1, 0.15) is 24.0 Å². The third kappa shape index (κ3) is 3.65. The number of benzene rings is 1. The van der Waals surface area contributed by atoms with Gasteiger partial charge in [0.15, 0.2) is 0 Å². The molecule has 3 heteroatoms. The van der Waals surface area contributed by atoms with Gasteiger partial charge in [0.25, 0.3) is 0 Å². The van der Waals surface area contributed by atoms with E-state index in [-0.39, 0.29) is 0 Å². The van der Waals surface area contributed by atoms with Gasteiger partial charge >= 0.3 is 0 Å². The van der Waals surface area contributed by atoms with Crippen LogP contribution < -0.4 is 10.1 Å². The zero-order chi connectivity index (χ0) is 12.1. The molecule has 1 aromatic rings. The highest BCUT2D eigenvalue weighted by molar-refractivity contribution is 7.99. The molecule has 1 fully saturated rings. The van der Waals surface area contributed by atoms with Crippen molar-refractivity contribution >= 4 is 11.8 Å². The maximum absolute atomic E-state index is 5.40. The van der Waals surface area contributed by atoms with Crippen molar-refractivity contribution in [1.82, 2.24) is 5.32 Å². The number of thioether (sulfide) groups is 1. The number of nitrogens with one attached hydrogen (secondary N) is 1. The quantitative estimate of drug-likeness (QED) is 0.889. The van der Waals surface area contributed by atoms with Gasteiger partial charge in [0.2, 0.25) is 0 Å². The van der Waals surface area contributed by atoms with Crippen LogP contribution >= 0.6 is 11.8 Å². The van der Waals surface area contributed by atoms with Crippen molar-refractivity contribution in [3.63, 3.8) is 0 Å². The molecule has 1 N–H and O–H groups in total. The molecule has 0 aliphatic carbocycles. The molecule has 94 valence electrons. The average molecular weight is 251 g/mol. The highest BCUT2D eigenvalue weighted by Gasteiger charge is 2.13. The third-order valence-electron chi connectivity index (χ3n) is 3.24. The topological polar surface area (TPSA) is 21.3 Å². The number of rotatable bonds is 4. The van der Waals surface area contributed by atoms with Gasteiger partial charge in [-0.1, -0.05) is 17.7 Å². The van der Waals surface area contributed by atoms with Crippen molar-refractivity contribution in [3.05, 3.63) is 29.3 Å². The zero-order valence-corrected chi connectivity index (χ0v) is 11.5. The molecule has 0 atom stereocenters. The standard InChI is InChI=1S/C14H21NOS/c1-11-3-4-14(16-2)12(9-11)10-15-13-5-7-17-8-6-13/h3-4,9,13,15H,5-8,10H2,1-2H3. The molecule has 2 rings (SSSR count). The van der Waals surface area contributed by atoms with Gasteiger partial charge in [0, 0.05) is 18.2 Å². The largest absolute Gasteiger partial charge is 0.496 e. The minimum atomic E-state index is 0.682. The van der Waals surface area contributed by atoms with Gasteiger partial charge in [0.05, 0.1) is 7.11 Å². The lowest BCUT2D eigenvalue weighted by molar-refractivity contribution is 0.403. The lowest BCUT2D eigenvalue weighted by atomic mass is 10.1. The second-order valence-corrected chi connectivity index (χ2v) is 5.81. The van der Waals surface area contributed by atoms with E-state index in [1.54, 1.807) is 7.11 Å². The molecule has 1 aliphatic rings. The Balaban J connectivity index is 1.95. The highest BCUT2D eigenvalue weighted by atomic mass is 32.2. The SMILES string of the molecule is COc1ccc(C)cc1CNC1CCSCC1. The highest BCUT2D eigenvalue weighted by Crippen LogP contribution is 2.21. The summed E-state index contributed by atoms with van der Waals surface area (Å²) < 4.78 is 5.40. The summed E-state index contributed by atoms with van der Waals surface area (Å²) in [5.41, 5.74) is 2.56. The molecule has 2 nitrogen and oxygen atoms in total. The first-order valence-corrected chi connectivity index (χ1v) is 7.39. The van der Waals surface area contributed by atoms with Gasteiger partial charge in [-0.05, 0) is 37.3 Å². The summed E-state index contributed by atoms with van der Waals surface area (Å²) >= 11 is 2.07. The Kier molecular flexibility index (Phi) is 4.75. The predicted octanol–water partition coefficient (Wildman–Crippen LogP) is 2.99. The number of methoxy groups -OCH3 is 1. The smallest absolute Gasteiger partial charge is 0.123 e. The maximum atomic E-state index is 5.40. The molecule has 1 saturated heterocycles. The Morgan fingerprint density at radius 1 is 1.35 bits per heavy atom. The average Bonchev–Trinajstić information content (AvgIpc) is 2.38. The molecular formula is C14H21NOS. The van der Waals surface area contributed by atoms with E-state index >= 15 is 0 Å². The molecule has 0 saturated carbocycles. The summed E-state index contributed by atoms with van der Waals surface area (Å²) in [4.78, 5) is 0. The van der Waals surface area contributed by atoms with Crippen molar-refractivity contribution in [2.24, 2.45) is 0 Å². The molecular weight excluding hydrogens is 230 g/mol. The van der Waals surface area contributed by atoms with Gasteiger partial charge in [-0.2, -0.15) is 11.8 Å². The Morgan fingerprint density at radius 2 is 2.12 bits per heavy atom. The van der Waals surface area contributed by atoms with E-state index in [2.05, 4.69) is 42.2 Å². The van der Waals surface area contributed by atoms with Crippen LogP contribution in [0.15, 0.2) is 18.2 Å².